The summed E-state index contributed by atoms with van der Waals surface area (Å²) in [4.78, 5) is 27.7. The number of halogens is 1. The molecule has 0 aliphatic carbocycles. The third kappa shape index (κ3) is 6.04. The number of benzene rings is 2. The first-order valence-corrected chi connectivity index (χ1v) is 13.7. The molecule has 1 aliphatic heterocycles. The van der Waals surface area contributed by atoms with Crippen molar-refractivity contribution in [1.82, 2.24) is 14.7 Å². The van der Waals surface area contributed by atoms with Crippen LogP contribution in [0.4, 0.5) is 4.39 Å². The Bertz CT molecular complexity index is 1500. The van der Waals surface area contributed by atoms with Crippen LogP contribution in [0.3, 0.4) is 0 Å². The zero-order valence-electron chi connectivity index (χ0n) is 23.1. The molecule has 3 aromatic rings. The zero-order chi connectivity index (χ0) is 28.6. The van der Waals surface area contributed by atoms with Crippen molar-refractivity contribution in [2.75, 3.05) is 13.2 Å². The van der Waals surface area contributed by atoms with Gasteiger partial charge in [-0.3, -0.25) is 14.5 Å². The standard InChI is InChI=1S/C32H33FN4O3/c1-4-6-7-11-16-36-31(38)26(22(3)27(20-34)32(36)39)18-24-21-37(25-12-9-8-10-13-25)35-30(24)23-14-15-29(28(33)19-23)40-17-5-2/h8-10,12-15,18-19,21H,4-7,11,16-17H2,1-3H3/b26-18+. The molecule has 206 valence electrons. The lowest BCUT2D eigenvalue weighted by Crippen LogP contribution is -2.43. The maximum atomic E-state index is 15.0. The lowest BCUT2D eigenvalue weighted by atomic mass is 9.93. The Morgan fingerprint density at radius 2 is 1.80 bits per heavy atom. The van der Waals surface area contributed by atoms with E-state index < -0.39 is 17.6 Å². The van der Waals surface area contributed by atoms with Crippen molar-refractivity contribution in [2.45, 2.75) is 52.9 Å². The monoisotopic (exact) mass is 540 g/mol. The topological polar surface area (TPSA) is 88.2 Å². The van der Waals surface area contributed by atoms with Gasteiger partial charge in [-0.1, -0.05) is 51.3 Å². The second-order valence-electron chi connectivity index (χ2n) is 9.70. The molecule has 0 spiro atoms. The number of rotatable bonds is 11. The highest BCUT2D eigenvalue weighted by molar-refractivity contribution is 6.19. The molecule has 4 rings (SSSR count). The van der Waals surface area contributed by atoms with E-state index in [0.29, 0.717) is 35.4 Å². The average molecular weight is 541 g/mol. The van der Waals surface area contributed by atoms with Crippen LogP contribution in [0.15, 0.2) is 71.4 Å². The lowest BCUT2D eigenvalue weighted by molar-refractivity contribution is -0.140. The Hall–Kier alpha value is -4.51. The Labute approximate surface area is 234 Å². The summed E-state index contributed by atoms with van der Waals surface area (Å²) < 4.78 is 22.1. The summed E-state index contributed by atoms with van der Waals surface area (Å²) in [6.45, 7) is 6.29. The molecule has 0 saturated carbocycles. The number of nitriles is 1. The number of imide groups is 1. The normalized spacial score (nSPS) is 14.7. The van der Waals surface area contributed by atoms with Crippen LogP contribution in [-0.4, -0.2) is 39.6 Å². The molecule has 0 fully saturated rings. The van der Waals surface area contributed by atoms with Crippen molar-refractivity contribution < 1.29 is 18.7 Å². The second kappa shape index (κ2) is 13.0. The third-order valence-electron chi connectivity index (χ3n) is 6.79. The minimum absolute atomic E-state index is 0.0539. The lowest BCUT2D eigenvalue weighted by Gasteiger charge is -2.27. The molecule has 7 nitrogen and oxygen atoms in total. The summed E-state index contributed by atoms with van der Waals surface area (Å²) in [5, 5.41) is 14.5. The van der Waals surface area contributed by atoms with Gasteiger partial charge in [0.05, 0.1) is 12.3 Å². The van der Waals surface area contributed by atoms with Crippen LogP contribution in [-0.2, 0) is 9.59 Å². The third-order valence-corrected chi connectivity index (χ3v) is 6.79. The number of unbranched alkanes of at least 4 members (excludes halogenated alkanes) is 3. The molecule has 1 aromatic heterocycles. The molecule has 2 aromatic carbocycles. The minimum Gasteiger partial charge on any atom is -0.491 e. The van der Waals surface area contributed by atoms with Crippen LogP contribution in [0, 0.1) is 17.1 Å². The van der Waals surface area contributed by atoms with Crippen LogP contribution in [0.1, 0.15) is 58.4 Å². The fourth-order valence-electron chi connectivity index (χ4n) is 4.59. The molecule has 2 amide bonds. The first kappa shape index (κ1) is 28.5. The number of ether oxygens (including phenoxy) is 1. The summed E-state index contributed by atoms with van der Waals surface area (Å²) in [6.07, 6.45) is 7.72. The maximum absolute atomic E-state index is 15.0. The fraction of sp³-hybridized carbons (Fsp3) is 0.312. The van der Waals surface area contributed by atoms with Gasteiger partial charge in [-0.25, -0.2) is 9.07 Å². The van der Waals surface area contributed by atoms with Gasteiger partial charge in [-0.05, 0) is 61.7 Å². The van der Waals surface area contributed by atoms with E-state index in [1.54, 1.807) is 36.0 Å². The van der Waals surface area contributed by atoms with Gasteiger partial charge in [0.1, 0.15) is 17.3 Å². The summed E-state index contributed by atoms with van der Waals surface area (Å²) in [5.74, 6) is -1.38. The minimum atomic E-state index is -0.566. The molecular formula is C32H33FN4O3. The largest absolute Gasteiger partial charge is 0.491 e. The molecule has 0 unspecified atom stereocenters. The van der Waals surface area contributed by atoms with Crippen molar-refractivity contribution in [1.29, 1.82) is 5.26 Å². The van der Waals surface area contributed by atoms with E-state index in [1.165, 1.54) is 6.07 Å². The van der Waals surface area contributed by atoms with Gasteiger partial charge >= 0.3 is 0 Å². The van der Waals surface area contributed by atoms with Gasteiger partial charge in [0, 0.05) is 29.4 Å². The number of amides is 2. The van der Waals surface area contributed by atoms with Gasteiger partial charge in [-0.15, -0.1) is 0 Å². The van der Waals surface area contributed by atoms with Crippen LogP contribution in [0.2, 0.25) is 0 Å². The van der Waals surface area contributed by atoms with Gasteiger partial charge in [-0.2, -0.15) is 10.4 Å². The Balaban J connectivity index is 1.82. The number of aromatic nitrogens is 2. The first-order chi connectivity index (χ1) is 19.4. The van der Waals surface area contributed by atoms with Crippen LogP contribution < -0.4 is 4.74 Å². The molecule has 1 aliphatic rings. The zero-order valence-corrected chi connectivity index (χ0v) is 23.1. The van der Waals surface area contributed by atoms with Crippen molar-refractivity contribution in [3.05, 3.63) is 82.8 Å². The van der Waals surface area contributed by atoms with Gasteiger partial charge in [0.2, 0.25) is 0 Å². The van der Waals surface area contributed by atoms with E-state index in [9.17, 15) is 19.2 Å². The fourth-order valence-corrected chi connectivity index (χ4v) is 4.59. The summed E-state index contributed by atoms with van der Waals surface area (Å²) in [7, 11) is 0. The molecule has 0 atom stereocenters. The van der Waals surface area contributed by atoms with Gasteiger partial charge in [0.25, 0.3) is 11.8 Å². The van der Waals surface area contributed by atoms with E-state index >= 15 is 0 Å². The van der Waals surface area contributed by atoms with Crippen molar-refractivity contribution in [3.8, 4) is 28.8 Å². The Morgan fingerprint density at radius 3 is 2.48 bits per heavy atom. The van der Waals surface area contributed by atoms with Crippen molar-refractivity contribution >= 4 is 17.9 Å². The van der Waals surface area contributed by atoms with Crippen LogP contribution in [0.25, 0.3) is 23.0 Å². The quantitative estimate of drug-likeness (QED) is 0.155. The molecule has 8 heteroatoms. The number of nitrogens with zero attached hydrogens (tertiary/aromatic N) is 4. The Morgan fingerprint density at radius 1 is 1.02 bits per heavy atom. The number of carbonyl (C=O) groups excluding carboxylic acids is 2. The number of hydrogen-bond acceptors (Lipinski definition) is 5. The molecule has 0 saturated heterocycles. The van der Waals surface area contributed by atoms with Gasteiger partial charge < -0.3 is 4.74 Å². The van der Waals surface area contributed by atoms with Crippen LogP contribution in [0.5, 0.6) is 5.75 Å². The Kier molecular flexibility index (Phi) is 9.28. The summed E-state index contributed by atoms with van der Waals surface area (Å²) in [6, 6.07) is 16.1. The van der Waals surface area contributed by atoms with E-state index in [2.05, 4.69) is 6.92 Å². The van der Waals surface area contributed by atoms with E-state index in [1.807, 2.05) is 43.3 Å². The smallest absolute Gasteiger partial charge is 0.271 e. The molecule has 0 bridgehead atoms. The average Bonchev–Trinajstić information content (AvgIpc) is 3.39. The van der Waals surface area contributed by atoms with E-state index in [-0.39, 0.29) is 23.4 Å². The van der Waals surface area contributed by atoms with Crippen molar-refractivity contribution in [2.24, 2.45) is 0 Å². The highest BCUT2D eigenvalue weighted by Crippen LogP contribution is 2.33. The van der Waals surface area contributed by atoms with E-state index in [4.69, 9.17) is 9.84 Å². The van der Waals surface area contributed by atoms with Crippen molar-refractivity contribution in [3.63, 3.8) is 0 Å². The summed E-state index contributed by atoms with van der Waals surface area (Å²) in [5.41, 5.74) is 2.78. The molecule has 40 heavy (non-hydrogen) atoms. The SMILES string of the molecule is CCCCCCN1C(=O)C(C#N)=C(C)/C(=C\c2cn(-c3ccccc3)nc2-c2ccc(OCCC)c(F)c2)C1=O. The predicted molar refractivity (Wildman–Crippen MR) is 152 cm³/mol. The maximum Gasteiger partial charge on any atom is 0.271 e. The molecule has 2 heterocycles. The highest BCUT2D eigenvalue weighted by atomic mass is 19.1. The van der Waals surface area contributed by atoms with Gasteiger partial charge in [0.15, 0.2) is 11.6 Å². The first-order valence-electron chi connectivity index (χ1n) is 13.7. The second-order valence-corrected chi connectivity index (χ2v) is 9.70. The molecule has 0 N–H and O–H groups in total. The highest BCUT2D eigenvalue weighted by Gasteiger charge is 2.35. The molecule has 0 radical (unpaired) electrons. The summed E-state index contributed by atoms with van der Waals surface area (Å²) >= 11 is 0. The van der Waals surface area contributed by atoms with Crippen LogP contribution >= 0.6 is 0 Å². The number of hydrogen-bond donors (Lipinski definition) is 0. The number of para-hydroxylation sites is 1. The van der Waals surface area contributed by atoms with E-state index in [0.717, 1.165) is 36.3 Å². The predicted octanol–water partition coefficient (Wildman–Crippen LogP) is 6.64. The number of carbonyl (C=O) groups is 2. The molecular weight excluding hydrogens is 507 g/mol.